The summed E-state index contributed by atoms with van der Waals surface area (Å²) in [7, 11) is 0. The molecule has 1 atom stereocenters. The third kappa shape index (κ3) is 4.07. The molecule has 5 nitrogen and oxygen atoms in total. The Morgan fingerprint density at radius 3 is 2.59 bits per heavy atom. The minimum Gasteiger partial charge on any atom is -0.494 e. The highest BCUT2D eigenvalue weighted by Crippen LogP contribution is 2.35. The summed E-state index contributed by atoms with van der Waals surface area (Å²) in [6.07, 6.45) is 2.96. The van der Waals surface area contributed by atoms with Crippen molar-refractivity contribution in [3.05, 3.63) is 52.3 Å². The van der Waals surface area contributed by atoms with Crippen molar-refractivity contribution in [2.45, 2.75) is 52.4 Å². The number of benzene rings is 1. The van der Waals surface area contributed by atoms with Gasteiger partial charge < -0.3 is 14.5 Å². The summed E-state index contributed by atoms with van der Waals surface area (Å²) < 4.78 is 10.8. The zero-order chi connectivity index (χ0) is 19.4. The Morgan fingerprint density at radius 1 is 1.19 bits per heavy atom. The van der Waals surface area contributed by atoms with E-state index in [1.54, 1.807) is 0 Å². The average molecular weight is 369 g/mol. The normalized spacial score (nSPS) is 16.1. The summed E-state index contributed by atoms with van der Waals surface area (Å²) in [4.78, 5) is 28.3. The Labute approximate surface area is 160 Å². The Bertz CT molecular complexity index is 820. The second kappa shape index (κ2) is 8.42. The zero-order valence-corrected chi connectivity index (χ0v) is 16.3. The van der Waals surface area contributed by atoms with E-state index >= 15 is 0 Å². The fourth-order valence-electron chi connectivity index (χ4n) is 3.66. The number of ketones is 1. The monoisotopic (exact) mass is 369 g/mol. The van der Waals surface area contributed by atoms with Crippen LogP contribution in [0.3, 0.4) is 0 Å². The molecule has 1 aromatic heterocycles. The minimum atomic E-state index is -0.374. The number of rotatable bonds is 7. The second-order valence-corrected chi connectivity index (χ2v) is 7.00. The predicted molar refractivity (Wildman–Crippen MR) is 104 cm³/mol. The lowest BCUT2D eigenvalue weighted by Gasteiger charge is -2.22. The number of esters is 1. The van der Waals surface area contributed by atoms with Gasteiger partial charge in [-0.25, -0.2) is 4.79 Å². The predicted octanol–water partition coefficient (Wildman–Crippen LogP) is 4.59. The molecular formula is C22H27NO4. The van der Waals surface area contributed by atoms with Crippen LogP contribution in [0.5, 0.6) is 5.75 Å². The topological polar surface area (TPSA) is 68.4 Å². The molecule has 0 fully saturated rings. The average Bonchev–Trinajstić information content (AvgIpc) is 3.00. The van der Waals surface area contributed by atoms with Crippen molar-refractivity contribution in [2.75, 3.05) is 13.2 Å². The van der Waals surface area contributed by atoms with Crippen LogP contribution in [-0.4, -0.2) is 30.0 Å². The van der Waals surface area contributed by atoms with Crippen molar-refractivity contribution in [3.63, 3.8) is 0 Å². The third-order valence-electron chi connectivity index (χ3n) is 5.09. The lowest BCUT2D eigenvalue weighted by Crippen LogP contribution is -2.18. The molecule has 27 heavy (non-hydrogen) atoms. The van der Waals surface area contributed by atoms with E-state index < -0.39 is 0 Å². The first-order chi connectivity index (χ1) is 13.0. The van der Waals surface area contributed by atoms with Gasteiger partial charge in [-0.1, -0.05) is 25.5 Å². The second-order valence-electron chi connectivity index (χ2n) is 7.00. The van der Waals surface area contributed by atoms with Gasteiger partial charge in [-0.2, -0.15) is 0 Å². The standard InChI is InChI=1S/C22H27NO4/c1-4-6-11-27-22(25)21-14(3)20-18(23-21)12-16(13-19(20)24)15-7-9-17(10-8-15)26-5-2/h7-10,16,23H,4-6,11-13H2,1-3H3/t16-/m0/s1. The molecule has 1 N–H and O–H groups in total. The molecular weight excluding hydrogens is 342 g/mol. The number of aromatic amines is 1. The summed E-state index contributed by atoms with van der Waals surface area (Å²) in [5.74, 6) is 0.636. The van der Waals surface area contributed by atoms with Crippen LogP contribution in [0.2, 0.25) is 0 Å². The molecule has 0 unspecified atom stereocenters. The van der Waals surface area contributed by atoms with E-state index in [2.05, 4.69) is 4.98 Å². The van der Waals surface area contributed by atoms with E-state index in [9.17, 15) is 9.59 Å². The van der Waals surface area contributed by atoms with Gasteiger partial charge in [0.1, 0.15) is 11.4 Å². The summed E-state index contributed by atoms with van der Waals surface area (Å²) in [6, 6.07) is 7.91. The Balaban J connectivity index is 1.79. The molecule has 0 aliphatic heterocycles. The molecule has 0 saturated carbocycles. The number of carbonyl (C=O) groups excluding carboxylic acids is 2. The SMILES string of the molecule is CCCCOC(=O)c1[nH]c2c(c1C)C(=O)C[C@@H](c1ccc(OCC)cc1)C2. The fraction of sp³-hybridized carbons (Fsp3) is 0.455. The van der Waals surface area contributed by atoms with Gasteiger partial charge in [0.2, 0.25) is 0 Å². The van der Waals surface area contributed by atoms with Crippen molar-refractivity contribution in [1.82, 2.24) is 4.98 Å². The van der Waals surface area contributed by atoms with E-state index in [1.165, 1.54) is 0 Å². The zero-order valence-electron chi connectivity index (χ0n) is 16.3. The molecule has 2 aromatic rings. The molecule has 1 heterocycles. The molecule has 0 saturated heterocycles. The molecule has 0 amide bonds. The van der Waals surface area contributed by atoms with Crippen LogP contribution in [0.4, 0.5) is 0 Å². The first kappa shape index (κ1) is 19.2. The highest BCUT2D eigenvalue weighted by Gasteiger charge is 2.32. The van der Waals surface area contributed by atoms with Crippen LogP contribution in [0.25, 0.3) is 0 Å². The molecule has 5 heteroatoms. The number of hydrogen-bond acceptors (Lipinski definition) is 4. The van der Waals surface area contributed by atoms with E-state index in [-0.39, 0.29) is 17.7 Å². The maximum atomic E-state index is 12.8. The molecule has 1 aromatic carbocycles. The molecule has 0 spiro atoms. The van der Waals surface area contributed by atoms with E-state index in [0.29, 0.717) is 42.9 Å². The number of fused-ring (bicyclic) bond motifs is 1. The van der Waals surface area contributed by atoms with E-state index in [4.69, 9.17) is 9.47 Å². The first-order valence-corrected chi connectivity index (χ1v) is 9.69. The van der Waals surface area contributed by atoms with Gasteiger partial charge in [0.15, 0.2) is 5.78 Å². The summed E-state index contributed by atoms with van der Waals surface area (Å²) in [5, 5.41) is 0. The van der Waals surface area contributed by atoms with Crippen molar-refractivity contribution in [3.8, 4) is 5.75 Å². The molecule has 144 valence electrons. The summed E-state index contributed by atoms with van der Waals surface area (Å²) in [5.41, 5.74) is 3.74. The van der Waals surface area contributed by atoms with Crippen LogP contribution >= 0.6 is 0 Å². The van der Waals surface area contributed by atoms with Crippen LogP contribution in [0.15, 0.2) is 24.3 Å². The number of unbranched alkanes of at least 4 members (excludes halogenated alkanes) is 1. The van der Waals surface area contributed by atoms with E-state index in [0.717, 1.165) is 29.8 Å². The van der Waals surface area contributed by atoms with Crippen LogP contribution < -0.4 is 4.74 Å². The highest BCUT2D eigenvalue weighted by molar-refractivity contribution is 6.03. The van der Waals surface area contributed by atoms with Crippen molar-refractivity contribution < 1.29 is 19.1 Å². The first-order valence-electron chi connectivity index (χ1n) is 9.69. The number of aromatic nitrogens is 1. The van der Waals surface area contributed by atoms with Gasteiger partial charge in [0.05, 0.1) is 13.2 Å². The quantitative estimate of drug-likeness (QED) is 0.572. The van der Waals surface area contributed by atoms with Crippen LogP contribution in [0.1, 0.15) is 76.7 Å². The van der Waals surface area contributed by atoms with Gasteiger partial charge in [-0.3, -0.25) is 4.79 Å². The van der Waals surface area contributed by atoms with E-state index in [1.807, 2.05) is 45.0 Å². The van der Waals surface area contributed by atoms with Gasteiger partial charge in [-0.15, -0.1) is 0 Å². The number of ether oxygens (including phenoxy) is 2. The smallest absolute Gasteiger partial charge is 0.355 e. The number of Topliss-reactive ketones (excluding diaryl/α,β-unsaturated/α-hetero) is 1. The van der Waals surface area contributed by atoms with Crippen LogP contribution in [-0.2, 0) is 11.2 Å². The number of nitrogens with one attached hydrogen (secondary N) is 1. The molecule has 0 bridgehead atoms. The molecule has 1 aliphatic rings. The highest BCUT2D eigenvalue weighted by atomic mass is 16.5. The number of H-pyrrole nitrogens is 1. The Morgan fingerprint density at radius 2 is 1.93 bits per heavy atom. The maximum absolute atomic E-state index is 12.8. The van der Waals surface area contributed by atoms with Gasteiger partial charge in [0.25, 0.3) is 0 Å². The number of carbonyl (C=O) groups is 2. The third-order valence-corrected chi connectivity index (χ3v) is 5.09. The molecule has 0 radical (unpaired) electrons. The van der Waals surface area contributed by atoms with Gasteiger partial charge >= 0.3 is 5.97 Å². The van der Waals surface area contributed by atoms with Crippen molar-refractivity contribution in [2.24, 2.45) is 0 Å². The van der Waals surface area contributed by atoms with Gasteiger partial charge in [0, 0.05) is 17.7 Å². The maximum Gasteiger partial charge on any atom is 0.355 e. The minimum absolute atomic E-state index is 0.0801. The van der Waals surface area contributed by atoms with Gasteiger partial charge in [-0.05, 0) is 55.9 Å². The molecule has 3 rings (SSSR count). The summed E-state index contributed by atoms with van der Waals surface area (Å²) >= 11 is 0. The lowest BCUT2D eigenvalue weighted by atomic mass is 9.81. The largest absolute Gasteiger partial charge is 0.494 e. The van der Waals surface area contributed by atoms with Crippen LogP contribution in [0, 0.1) is 6.92 Å². The Hall–Kier alpha value is -2.56. The Kier molecular flexibility index (Phi) is 5.99. The lowest BCUT2D eigenvalue weighted by molar-refractivity contribution is 0.0492. The molecule has 1 aliphatic carbocycles. The number of hydrogen-bond donors (Lipinski definition) is 1. The van der Waals surface area contributed by atoms with Crippen molar-refractivity contribution in [1.29, 1.82) is 0 Å². The van der Waals surface area contributed by atoms with Crippen molar-refractivity contribution >= 4 is 11.8 Å². The summed E-state index contributed by atoms with van der Waals surface area (Å²) in [6.45, 7) is 6.85. The fourth-order valence-corrected chi connectivity index (χ4v) is 3.66.